The first-order chi connectivity index (χ1) is 6.54. The molecule has 0 spiro atoms. The fourth-order valence-corrected chi connectivity index (χ4v) is 1.28. The number of nitrogens with two attached hydrogens (primary N) is 1. The molecule has 0 heterocycles. The number of anilines is 1. The van der Waals surface area contributed by atoms with Gasteiger partial charge in [-0.2, -0.15) is 0 Å². The molecule has 0 aromatic heterocycles. The number of aryl methyl sites for hydroxylation is 1. The third kappa shape index (κ3) is 2.43. The molecule has 0 bridgehead atoms. The van der Waals surface area contributed by atoms with E-state index in [1.807, 2.05) is 5.43 Å². The van der Waals surface area contributed by atoms with Crippen molar-refractivity contribution in [2.24, 2.45) is 5.84 Å². The lowest BCUT2D eigenvalue weighted by Gasteiger charge is -2.08. The number of carbonyl (C=O) groups excluding carboxylic acids is 1. The predicted octanol–water partition coefficient (Wildman–Crippen LogP) is 1.89. The van der Waals surface area contributed by atoms with E-state index < -0.39 is 6.03 Å². The molecule has 0 atom stereocenters. The van der Waals surface area contributed by atoms with Crippen LogP contribution in [0.5, 0.6) is 0 Å². The van der Waals surface area contributed by atoms with Gasteiger partial charge in [-0.3, -0.25) is 5.43 Å². The van der Waals surface area contributed by atoms with Crippen LogP contribution in [0.25, 0.3) is 0 Å². The molecule has 0 saturated carbocycles. The highest BCUT2D eigenvalue weighted by molar-refractivity contribution is 9.10. The van der Waals surface area contributed by atoms with Gasteiger partial charge >= 0.3 is 6.03 Å². The number of carbonyl (C=O) groups is 1. The molecule has 1 aromatic carbocycles. The van der Waals surface area contributed by atoms with E-state index in [9.17, 15) is 9.18 Å². The number of hydrazine groups is 1. The molecule has 14 heavy (non-hydrogen) atoms. The Balaban J connectivity index is 2.98. The van der Waals surface area contributed by atoms with Crippen LogP contribution in [-0.4, -0.2) is 6.03 Å². The minimum absolute atomic E-state index is 0.287. The van der Waals surface area contributed by atoms with Crippen molar-refractivity contribution >= 4 is 27.6 Å². The lowest BCUT2D eigenvalue weighted by Crippen LogP contribution is -2.34. The van der Waals surface area contributed by atoms with Crippen molar-refractivity contribution in [1.82, 2.24) is 5.43 Å². The molecule has 0 radical (unpaired) electrons. The largest absolute Gasteiger partial charge is 0.333 e. The summed E-state index contributed by atoms with van der Waals surface area (Å²) in [7, 11) is 0. The summed E-state index contributed by atoms with van der Waals surface area (Å²) in [6, 6.07) is 2.24. The number of amides is 2. The maximum Gasteiger partial charge on any atom is 0.333 e. The van der Waals surface area contributed by atoms with Crippen molar-refractivity contribution in [3.8, 4) is 0 Å². The summed E-state index contributed by atoms with van der Waals surface area (Å²) in [5.41, 5.74) is 3.04. The summed E-state index contributed by atoms with van der Waals surface area (Å²) in [6.45, 7) is 1.68. The Bertz CT molecular complexity index is 370. The second-order valence-corrected chi connectivity index (χ2v) is 3.53. The first-order valence-electron chi connectivity index (χ1n) is 3.78. The van der Waals surface area contributed by atoms with Gasteiger partial charge in [-0.1, -0.05) is 0 Å². The second kappa shape index (κ2) is 4.39. The van der Waals surface area contributed by atoms with Crippen molar-refractivity contribution < 1.29 is 9.18 Å². The third-order valence-corrected chi connectivity index (χ3v) is 2.25. The molecule has 0 fully saturated rings. The molecule has 0 aliphatic heterocycles. The van der Waals surface area contributed by atoms with Gasteiger partial charge in [0, 0.05) is 5.69 Å². The van der Waals surface area contributed by atoms with Crippen LogP contribution in [0.15, 0.2) is 16.6 Å². The average molecular weight is 262 g/mol. The van der Waals surface area contributed by atoms with E-state index in [-0.39, 0.29) is 10.3 Å². The van der Waals surface area contributed by atoms with Gasteiger partial charge in [0.1, 0.15) is 5.82 Å². The average Bonchev–Trinajstić information content (AvgIpc) is 2.14. The highest BCUT2D eigenvalue weighted by Gasteiger charge is 2.07. The van der Waals surface area contributed by atoms with Crippen LogP contribution in [0.3, 0.4) is 0 Å². The van der Waals surface area contributed by atoms with Gasteiger partial charge in [-0.15, -0.1) is 0 Å². The molecule has 0 aliphatic rings. The number of nitrogens with one attached hydrogen (secondary N) is 2. The molecule has 1 aromatic rings. The SMILES string of the molecule is Cc1cc(F)c(Br)cc1NC(=O)NN. The van der Waals surface area contributed by atoms with Crippen molar-refractivity contribution in [1.29, 1.82) is 0 Å². The lowest BCUT2D eigenvalue weighted by molar-refractivity contribution is 0.252. The first kappa shape index (κ1) is 10.9. The molecule has 0 saturated heterocycles. The maximum absolute atomic E-state index is 13.0. The molecular formula is C8H9BrFN3O. The summed E-state index contributed by atoms with van der Waals surface area (Å²) in [5, 5.41) is 2.46. The smallest absolute Gasteiger partial charge is 0.307 e. The van der Waals surface area contributed by atoms with Crippen LogP contribution in [-0.2, 0) is 0 Å². The van der Waals surface area contributed by atoms with Crippen LogP contribution >= 0.6 is 15.9 Å². The van der Waals surface area contributed by atoms with Crippen LogP contribution in [0.1, 0.15) is 5.56 Å². The van der Waals surface area contributed by atoms with Gasteiger partial charge in [-0.25, -0.2) is 15.0 Å². The molecule has 4 nitrogen and oxygen atoms in total. The molecule has 6 heteroatoms. The minimum atomic E-state index is -0.549. The van der Waals surface area contributed by atoms with Crippen molar-refractivity contribution in [2.45, 2.75) is 6.92 Å². The van der Waals surface area contributed by atoms with E-state index >= 15 is 0 Å². The number of rotatable bonds is 1. The Morgan fingerprint density at radius 1 is 1.57 bits per heavy atom. The first-order valence-corrected chi connectivity index (χ1v) is 4.57. The number of urea groups is 1. The van der Waals surface area contributed by atoms with E-state index in [0.29, 0.717) is 11.3 Å². The highest BCUT2D eigenvalue weighted by atomic mass is 79.9. The summed E-state index contributed by atoms with van der Waals surface area (Å²) in [4.78, 5) is 10.9. The zero-order valence-corrected chi connectivity index (χ0v) is 8.98. The topological polar surface area (TPSA) is 67.2 Å². The minimum Gasteiger partial charge on any atom is -0.307 e. The van der Waals surface area contributed by atoms with E-state index in [4.69, 9.17) is 5.84 Å². The summed E-state index contributed by atoms with van der Waals surface area (Å²) in [5.74, 6) is 4.52. The van der Waals surface area contributed by atoms with Gasteiger partial charge in [-0.05, 0) is 40.5 Å². The number of benzene rings is 1. The third-order valence-electron chi connectivity index (χ3n) is 1.65. The standard InChI is InChI=1S/C8H9BrFN3O/c1-4-2-6(10)5(9)3-7(4)12-8(14)13-11/h2-3H,11H2,1H3,(H2,12,13,14). The summed E-state index contributed by atoms with van der Waals surface area (Å²) < 4.78 is 13.3. The predicted molar refractivity (Wildman–Crippen MR) is 55.2 cm³/mol. The Labute approximate surface area is 88.8 Å². The molecular weight excluding hydrogens is 253 g/mol. The number of halogens is 2. The van der Waals surface area contributed by atoms with Crippen LogP contribution < -0.4 is 16.6 Å². The Morgan fingerprint density at radius 3 is 2.79 bits per heavy atom. The fraction of sp³-hybridized carbons (Fsp3) is 0.125. The highest BCUT2D eigenvalue weighted by Crippen LogP contribution is 2.23. The van der Waals surface area contributed by atoms with Crippen LogP contribution in [0, 0.1) is 12.7 Å². The van der Waals surface area contributed by atoms with E-state index in [0.717, 1.165) is 0 Å². The van der Waals surface area contributed by atoms with E-state index in [1.165, 1.54) is 12.1 Å². The fourth-order valence-electron chi connectivity index (χ4n) is 0.939. The molecule has 2 amide bonds. The molecule has 76 valence electrons. The monoisotopic (exact) mass is 261 g/mol. The lowest BCUT2D eigenvalue weighted by atomic mass is 10.2. The van der Waals surface area contributed by atoms with E-state index in [1.54, 1.807) is 6.92 Å². The quantitative estimate of drug-likeness (QED) is 0.411. The van der Waals surface area contributed by atoms with Crippen LogP contribution in [0.2, 0.25) is 0 Å². The zero-order valence-electron chi connectivity index (χ0n) is 7.40. The van der Waals surface area contributed by atoms with Gasteiger partial charge in [0.25, 0.3) is 0 Å². The zero-order chi connectivity index (χ0) is 10.7. The Kier molecular flexibility index (Phi) is 3.43. The summed E-state index contributed by atoms with van der Waals surface area (Å²) >= 11 is 3.01. The van der Waals surface area contributed by atoms with Crippen LogP contribution in [0.4, 0.5) is 14.9 Å². The maximum atomic E-state index is 13.0. The number of hydrogen-bond acceptors (Lipinski definition) is 2. The van der Waals surface area contributed by atoms with Crippen molar-refractivity contribution in [3.05, 3.63) is 28.0 Å². The normalized spacial score (nSPS) is 9.71. The van der Waals surface area contributed by atoms with E-state index in [2.05, 4.69) is 21.2 Å². The second-order valence-electron chi connectivity index (χ2n) is 2.68. The molecule has 4 N–H and O–H groups in total. The Morgan fingerprint density at radius 2 is 2.21 bits per heavy atom. The van der Waals surface area contributed by atoms with Crippen molar-refractivity contribution in [3.63, 3.8) is 0 Å². The van der Waals surface area contributed by atoms with Gasteiger partial charge in [0.05, 0.1) is 4.47 Å². The van der Waals surface area contributed by atoms with Gasteiger partial charge < -0.3 is 5.32 Å². The Hall–Kier alpha value is -1.14. The number of hydrogen-bond donors (Lipinski definition) is 3. The summed E-state index contributed by atoms with van der Waals surface area (Å²) in [6.07, 6.45) is 0. The molecule has 0 aliphatic carbocycles. The van der Waals surface area contributed by atoms with Gasteiger partial charge in [0.2, 0.25) is 0 Å². The van der Waals surface area contributed by atoms with Crippen molar-refractivity contribution in [2.75, 3.05) is 5.32 Å². The molecule has 1 rings (SSSR count). The molecule has 0 unspecified atom stereocenters. The van der Waals surface area contributed by atoms with Gasteiger partial charge in [0.15, 0.2) is 0 Å².